The SMILES string of the molecule is Cn1cnnc1CNc1cccnc1C(=O)O. The maximum absolute atomic E-state index is 10.9. The van der Waals surface area contributed by atoms with E-state index in [-0.39, 0.29) is 5.69 Å². The van der Waals surface area contributed by atoms with Gasteiger partial charge in [0.2, 0.25) is 0 Å². The van der Waals surface area contributed by atoms with Crippen molar-refractivity contribution in [1.82, 2.24) is 19.7 Å². The average Bonchev–Trinajstić information content (AvgIpc) is 2.72. The molecule has 2 aromatic rings. The first kappa shape index (κ1) is 11.1. The quantitative estimate of drug-likeness (QED) is 0.799. The lowest BCUT2D eigenvalue weighted by Gasteiger charge is -2.07. The largest absolute Gasteiger partial charge is 0.476 e. The minimum atomic E-state index is -1.06. The van der Waals surface area contributed by atoms with Crippen LogP contribution in [-0.2, 0) is 13.6 Å². The third-order valence-electron chi connectivity index (χ3n) is 2.25. The van der Waals surface area contributed by atoms with Crippen molar-refractivity contribution >= 4 is 11.7 Å². The highest BCUT2D eigenvalue weighted by Gasteiger charge is 2.11. The number of nitrogens with one attached hydrogen (secondary N) is 1. The van der Waals surface area contributed by atoms with E-state index in [1.807, 2.05) is 7.05 Å². The molecule has 88 valence electrons. The van der Waals surface area contributed by atoms with E-state index in [2.05, 4.69) is 20.5 Å². The Morgan fingerprint density at radius 3 is 3.06 bits per heavy atom. The van der Waals surface area contributed by atoms with Crippen molar-refractivity contribution in [2.75, 3.05) is 5.32 Å². The number of aromatic carboxylic acids is 1. The summed E-state index contributed by atoms with van der Waals surface area (Å²) >= 11 is 0. The van der Waals surface area contributed by atoms with E-state index in [0.717, 1.165) is 0 Å². The summed E-state index contributed by atoms with van der Waals surface area (Å²) in [5.41, 5.74) is 0.456. The number of aryl methyl sites for hydroxylation is 1. The van der Waals surface area contributed by atoms with Crippen LogP contribution >= 0.6 is 0 Å². The van der Waals surface area contributed by atoms with Crippen molar-refractivity contribution < 1.29 is 9.90 Å². The number of hydrogen-bond donors (Lipinski definition) is 2. The van der Waals surface area contributed by atoms with E-state index in [1.54, 1.807) is 23.0 Å². The number of aromatic nitrogens is 4. The van der Waals surface area contributed by atoms with Crippen molar-refractivity contribution in [2.24, 2.45) is 7.05 Å². The summed E-state index contributed by atoms with van der Waals surface area (Å²) in [4.78, 5) is 14.7. The lowest BCUT2D eigenvalue weighted by molar-refractivity contribution is 0.0691. The molecule has 2 heterocycles. The van der Waals surface area contributed by atoms with Crippen LogP contribution in [0.25, 0.3) is 0 Å². The second kappa shape index (κ2) is 4.60. The fourth-order valence-electron chi connectivity index (χ4n) is 1.36. The van der Waals surface area contributed by atoms with Crippen LogP contribution in [-0.4, -0.2) is 30.8 Å². The van der Waals surface area contributed by atoms with E-state index in [4.69, 9.17) is 5.11 Å². The first-order valence-corrected chi connectivity index (χ1v) is 4.93. The van der Waals surface area contributed by atoms with Crippen LogP contribution in [0.5, 0.6) is 0 Å². The normalized spacial score (nSPS) is 10.2. The zero-order chi connectivity index (χ0) is 12.3. The maximum Gasteiger partial charge on any atom is 0.356 e. The van der Waals surface area contributed by atoms with Crippen molar-refractivity contribution in [2.45, 2.75) is 6.54 Å². The van der Waals surface area contributed by atoms with Gasteiger partial charge in [0, 0.05) is 13.2 Å². The van der Waals surface area contributed by atoms with Gasteiger partial charge in [0.25, 0.3) is 0 Å². The van der Waals surface area contributed by atoms with E-state index in [0.29, 0.717) is 18.1 Å². The molecule has 2 N–H and O–H groups in total. The molecule has 2 rings (SSSR count). The lowest BCUT2D eigenvalue weighted by Crippen LogP contribution is -2.10. The molecule has 0 atom stereocenters. The number of carboxylic acids is 1. The number of hydrogen-bond acceptors (Lipinski definition) is 5. The van der Waals surface area contributed by atoms with E-state index in [9.17, 15) is 4.79 Å². The Labute approximate surface area is 97.1 Å². The molecule has 0 aliphatic carbocycles. The van der Waals surface area contributed by atoms with Crippen LogP contribution < -0.4 is 5.32 Å². The minimum Gasteiger partial charge on any atom is -0.476 e. The smallest absolute Gasteiger partial charge is 0.356 e. The van der Waals surface area contributed by atoms with E-state index in [1.165, 1.54) is 6.20 Å². The predicted molar refractivity (Wildman–Crippen MR) is 59.5 cm³/mol. The number of carbonyl (C=O) groups is 1. The molecule has 0 aromatic carbocycles. The van der Waals surface area contributed by atoms with Crippen LogP contribution in [0.4, 0.5) is 5.69 Å². The van der Waals surface area contributed by atoms with Crippen LogP contribution in [0.15, 0.2) is 24.7 Å². The third kappa shape index (κ3) is 2.39. The Hall–Kier alpha value is -2.44. The van der Waals surface area contributed by atoms with Crippen molar-refractivity contribution in [3.8, 4) is 0 Å². The van der Waals surface area contributed by atoms with Gasteiger partial charge in [-0.05, 0) is 12.1 Å². The van der Waals surface area contributed by atoms with Crippen molar-refractivity contribution in [3.63, 3.8) is 0 Å². The molecule has 0 fully saturated rings. The third-order valence-corrected chi connectivity index (χ3v) is 2.25. The fourth-order valence-corrected chi connectivity index (χ4v) is 1.36. The second-order valence-corrected chi connectivity index (χ2v) is 3.42. The van der Waals surface area contributed by atoms with Gasteiger partial charge < -0.3 is 15.0 Å². The molecule has 0 aliphatic rings. The summed E-state index contributed by atoms with van der Waals surface area (Å²) in [6.45, 7) is 0.391. The highest BCUT2D eigenvalue weighted by atomic mass is 16.4. The van der Waals surface area contributed by atoms with Crippen LogP contribution in [0.1, 0.15) is 16.3 Å². The molecule has 0 radical (unpaired) electrons. The first-order chi connectivity index (χ1) is 8.18. The Bertz CT molecular complexity index is 537. The average molecular weight is 233 g/mol. The molecule has 0 spiro atoms. The van der Waals surface area contributed by atoms with Gasteiger partial charge in [0.05, 0.1) is 12.2 Å². The zero-order valence-corrected chi connectivity index (χ0v) is 9.16. The lowest BCUT2D eigenvalue weighted by atomic mass is 10.3. The van der Waals surface area contributed by atoms with E-state index < -0.39 is 5.97 Å². The molecular formula is C10H11N5O2. The Morgan fingerprint density at radius 2 is 2.41 bits per heavy atom. The summed E-state index contributed by atoms with van der Waals surface area (Å²) in [6.07, 6.45) is 3.02. The summed E-state index contributed by atoms with van der Waals surface area (Å²) in [6, 6.07) is 3.33. The maximum atomic E-state index is 10.9. The molecule has 2 aromatic heterocycles. The number of nitrogens with zero attached hydrogens (tertiary/aromatic N) is 4. The molecule has 0 amide bonds. The molecule has 7 heteroatoms. The Morgan fingerprint density at radius 1 is 1.59 bits per heavy atom. The molecule has 0 saturated carbocycles. The summed E-state index contributed by atoms with van der Waals surface area (Å²) in [5.74, 6) is -0.351. The fraction of sp³-hybridized carbons (Fsp3) is 0.200. The Balaban J connectivity index is 2.14. The van der Waals surface area contributed by atoms with Crippen LogP contribution in [0.2, 0.25) is 0 Å². The molecule has 0 saturated heterocycles. The number of pyridine rings is 1. The number of carboxylic acid groups (broad SMARTS) is 1. The van der Waals surface area contributed by atoms with Gasteiger partial charge in [-0.15, -0.1) is 10.2 Å². The monoisotopic (exact) mass is 233 g/mol. The Kier molecular flexibility index (Phi) is 2.99. The summed E-state index contributed by atoms with van der Waals surface area (Å²) in [5, 5.41) is 19.5. The van der Waals surface area contributed by atoms with Gasteiger partial charge in [0.15, 0.2) is 11.5 Å². The van der Waals surface area contributed by atoms with Crippen molar-refractivity contribution in [3.05, 3.63) is 36.2 Å². The molecule has 0 bridgehead atoms. The number of anilines is 1. The first-order valence-electron chi connectivity index (χ1n) is 4.93. The molecule has 17 heavy (non-hydrogen) atoms. The van der Waals surface area contributed by atoms with Crippen LogP contribution in [0, 0.1) is 0 Å². The second-order valence-electron chi connectivity index (χ2n) is 3.42. The summed E-state index contributed by atoms with van der Waals surface area (Å²) < 4.78 is 1.75. The predicted octanol–water partition coefficient (Wildman–Crippen LogP) is 0.520. The van der Waals surface area contributed by atoms with Gasteiger partial charge >= 0.3 is 5.97 Å². The molecule has 7 nitrogen and oxygen atoms in total. The van der Waals surface area contributed by atoms with Gasteiger partial charge in [-0.2, -0.15) is 0 Å². The highest BCUT2D eigenvalue weighted by Crippen LogP contribution is 2.12. The molecule has 0 unspecified atom stereocenters. The summed E-state index contributed by atoms with van der Waals surface area (Å²) in [7, 11) is 1.82. The minimum absolute atomic E-state index is 0.00494. The van der Waals surface area contributed by atoms with Crippen molar-refractivity contribution in [1.29, 1.82) is 0 Å². The molecule has 0 aliphatic heterocycles. The standard InChI is InChI=1S/C10H11N5O2/c1-15-6-13-14-8(15)5-12-7-3-2-4-11-9(7)10(16)17/h2-4,6,12H,5H2,1H3,(H,16,17). The van der Waals surface area contributed by atoms with Gasteiger partial charge in [-0.3, -0.25) is 0 Å². The highest BCUT2D eigenvalue weighted by molar-refractivity contribution is 5.91. The topological polar surface area (TPSA) is 92.9 Å². The molecular weight excluding hydrogens is 222 g/mol. The van der Waals surface area contributed by atoms with Gasteiger partial charge in [0.1, 0.15) is 6.33 Å². The van der Waals surface area contributed by atoms with Crippen LogP contribution in [0.3, 0.4) is 0 Å². The van der Waals surface area contributed by atoms with E-state index >= 15 is 0 Å². The number of rotatable bonds is 4. The van der Waals surface area contributed by atoms with Gasteiger partial charge in [-0.1, -0.05) is 0 Å². The van der Waals surface area contributed by atoms with Gasteiger partial charge in [-0.25, -0.2) is 9.78 Å². The zero-order valence-electron chi connectivity index (χ0n) is 9.16.